The van der Waals surface area contributed by atoms with Gasteiger partial charge >= 0.3 is 5.97 Å². The Kier molecular flexibility index (Phi) is 4.98. The molecule has 0 radical (unpaired) electrons. The first-order valence-electron chi connectivity index (χ1n) is 10.7. The number of nitrogens with one attached hydrogen (secondary N) is 1. The van der Waals surface area contributed by atoms with Crippen LogP contribution in [-0.4, -0.2) is 32.9 Å². The Bertz CT molecular complexity index is 1230. The number of rotatable bonds is 5. The number of carboxylic acid groups (broad SMARTS) is 1. The predicted molar refractivity (Wildman–Crippen MR) is 119 cm³/mol. The summed E-state index contributed by atoms with van der Waals surface area (Å²) in [7, 11) is 0. The number of phenolic OH excluding ortho intramolecular Hbond substituents is 1. The van der Waals surface area contributed by atoms with Crippen LogP contribution in [0.5, 0.6) is 5.75 Å². The summed E-state index contributed by atoms with van der Waals surface area (Å²) in [4.78, 5) is 41.3. The number of carbonyl (C=O) groups excluding carboxylic acids is 2. The second-order valence-electron chi connectivity index (χ2n) is 8.41. The summed E-state index contributed by atoms with van der Waals surface area (Å²) in [6.45, 7) is 0.0590. The summed E-state index contributed by atoms with van der Waals surface area (Å²) in [5.41, 5.74) is -0.286. The maximum absolute atomic E-state index is 13.7. The molecule has 0 aromatic heterocycles. The van der Waals surface area contributed by atoms with Crippen LogP contribution >= 0.6 is 0 Å². The molecule has 3 N–H and O–H groups in total. The number of carboxylic acids is 1. The zero-order chi connectivity index (χ0) is 23.2. The highest BCUT2D eigenvalue weighted by Gasteiger charge is 2.69. The van der Waals surface area contributed by atoms with E-state index in [1.165, 1.54) is 6.07 Å². The van der Waals surface area contributed by atoms with Gasteiger partial charge in [0.25, 0.3) is 0 Å². The summed E-state index contributed by atoms with van der Waals surface area (Å²) in [5.74, 6) is -4.45. The fraction of sp³-hybridized carbons (Fsp3) is 0.192. The minimum atomic E-state index is -1.82. The van der Waals surface area contributed by atoms with Crippen molar-refractivity contribution >= 4 is 17.8 Å². The lowest BCUT2D eigenvalue weighted by Crippen LogP contribution is -2.53. The van der Waals surface area contributed by atoms with E-state index in [0.717, 1.165) is 10.5 Å². The Morgan fingerprint density at radius 1 is 0.879 bits per heavy atom. The van der Waals surface area contributed by atoms with Gasteiger partial charge in [0.2, 0.25) is 11.8 Å². The largest absolute Gasteiger partial charge is 0.508 e. The van der Waals surface area contributed by atoms with Crippen LogP contribution in [0.2, 0.25) is 0 Å². The number of aliphatic carboxylic acids is 1. The first-order chi connectivity index (χ1) is 15.9. The fourth-order valence-electron chi connectivity index (χ4n) is 5.19. The third kappa shape index (κ3) is 3.12. The van der Waals surface area contributed by atoms with Crippen molar-refractivity contribution in [1.82, 2.24) is 10.2 Å². The normalized spacial score (nSPS) is 26.4. The number of para-hydroxylation sites is 1. The molecule has 2 aliphatic rings. The molecule has 0 aliphatic carbocycles. The molecule has 5 rings (SSSR count). The van der Waals surface area contributed by atoms with Gasteiger partial charge in [-0.2, -0.15) is 0 Å². The molecule has 166 valence electrons. The first-order valence-corrected chi connectivity index (χ1v) is 10.7. The van der Waals surface area contributed by atoms with Crippen molar-refractivity contribution < 1.29 is 24.6 Å². The number of phenols is 1. The van der Waals surface area contributed by atoms with Gasteiger partial charge in [0.1, 0.15) is 5.75 Å². The highest BCUT2D eigenvalue weighted by atomic mass is 16.4. The minimum absolute atomic E-state index is 0.0590. The molecule has 2 saturated heterocycles. The molecule has 7 nitrogen and oxygen atoms in total. The van der Waals surface area contributed by atoms with E-state index in [4.69, 9.17) is 0 Å². The van der Waals surface area contributed by atoms with Gasteiger partial charge in [0, 0.05) is 11.6 Å². The SMILES string of the molecule is O=C1C2C(c3ccccc3O)NC(C(=O)O)(c3ccccc3)C2C(=O)N1Cc1ccccc1. The number of hydrogen-bond acceptors (Lipinski definition) is 5. The van der Waals surface area contributed by atoms with E-state index in [2.05, 4.69) is 5.32 Å². The standard InChI is InChI=1S/C26H22N2O5/c29-19-14-8-7-13-18(19)22-20-21(26(27-22,25(32)33)17-11-5-2-6-12-17)24(31)28(23(20)30)15-16-9-3-1-4-10-16/h1-14,20-22,27,29H,15H2,(H,32,33). The van der Waals surface area contributed by atoms with E-state index >= 15 is 0 Å². The smallest absolute Gasteiger partial charge is 0.329 e. The number of likely N-dealkylation sites (tertiary alicyclic amines) is 1. The Labute approximate surface area is 190 Å². The van der Waals surface area contributed by atoms with Crippen LogP contribution in [0, 0.1) is 11.8 Å². The quantitative estimate of drug-likeness (QED) is 0.525. The van der Waals surface area contributed by atoms with Crippen molar-refractivity contribution in [2.24, 2.45) is 11.8 Å². The molecule has 7 heteroatoms. The molecule has 2 fully saturated rings. The van der Waals surface area contributed by atoms with Crippen LogP contribution in [0.1, 0.15) is 22.7 Å². The van der Waals surface area contributed by atoms with Crippen molar-refractivity contribution in [3.63, 3.8) is 0 Å². The highest BCUT2D eigenvalue weighted by Crippen LogP contribution is 2.54. The number of hydrogen-bond donors (Lipinski definition) is 3. The maximum atomic E-state index is 13.7. The van der Waals surface area contributed by atoms with Crippen molar-refractivity contribution in [2.45, 2.75) is 18.1 Å². The van der Waals surface area contributed by atoms with E-state index in [1.54, 1.807) is 48.5 Å². The number of imide groups is 1. The number of carbonyl (C=O) groups is 3. The van der Waals surface area contributed by atoms with Crippen molar-refractivity contribution in [3.05, 3.63) is 102 Å². The number of amides is 2. The summed E-state index contributed by atoms with van der Waals surface area (Å²) < 4.78 is 0. The molecule has 2 amide bonds. The summed E-state index contributed by atoms with van der Waals surface area (Å²) >= 11 is 0. The van der Waals surface area contributed by atoms with Gasteiger partial charge in [0.05, 0.1) is 18.4 Å². The van der Waals surface area contributed by atoms with Crippen LogP contribution in [0.4, 0.5) is 0 Å². The van der Waals surface area contributed by atoms with Gasteiger partial charge in [-0.05, 0) is 17.2 Å². The zero-order valence-corrected chi connectivity index (χ0v) is 17.6. The third-order valence-corrected chi connectivity index (χ3v) is 6.67. The van der Waals surface area contributed by atoms with Crippen LogP contribution in [-0.2, 0) is 26.5 Å². The molecule has 0 spiro atoms. The Morgan fingerprint density at radius 3 is 2.12 bits per heavy atom. The van der Waals surface area contributed by atoms with Gasteiger partial charge < -0.3 is 10.2 Å². The van der Waals surface area contributed by atoms with Gasteiger partial charge in [-0.25, -0.2) is 4.79 Å². The molecule has 33 heavy (non-hydrogen) atoms. The second kappa shape index (κ2) is 7.86. The lowest BCUT2D eigenvalue weighted by atomic mass is 9.75. The number of benzene rings is 3. The van der Waals surface area contributed by atoms with Gasteiger partial charge in [-0.1, -0.05) is 78.9 Å². The monoisotopic (exact) mass is 442 g/mol. The molecular formula is C26H22N2O5. The lowest BCUT2D eigenvalue weighted by Gasteiger charge is -2.31. The topological polar surface area (TPSA) is 107 Å². The number of fused-ring (bicyclic) bond motifs is 1. The number of nitrogens with zero attached hydrogens (tertiary/aromatic N) is 1. The molecule has 2 aliphatic heterocycles. The van der Waals surface area contributed by atoms with Crippen molar-refractivity contribution in [2.75, 3.05) is 0 Å². The molecule has 2 heterocycles. The zero-order valence-electron chi connectivity index (χ0n) is 17.6. The fourth-order valence-corrected chi connectivity index (χ4v) is 5.19. The lowest BCUT2D eigenvalue weighted by molar-refractivity contribution is -0.152. The first kappa shape index (κ1) is 20.9. The van der Waals surface area contributed by atoms with Gasteiger partial charge in [0.15, 0.2) is 5.54 Å². The van der Waals surface area contributed by atoms with E-state index in [1.807, 2.05) is 30.3 Å². The highest BCUT2D eigenvalue weighted by molar-refractivity contribution is 6.09. The minimum Gasteiger partial charge on any atom is -0.508 e. The second-order valence-corrected chi connectivity index (χ2v) is 8.41. The average molecular weight is 442 g/mol. The van der Waals surface area contributed by atoms with Crippen molar-refractivity contribution in [1.29, 1.82) is 0 Å². The summed E-state index contributed by atoms with van der Waals surface area (Å²) in [6, 6.07) is 23.2. The van der Waals surface area contributed by atoms with Gasteiger partial charge in [-0.15, -0.1) is 0 Å². The summed E-state index contributed by atoms with van der Waals surface area (Å²) in [6.07, 6.45) is 0. The van der Waals surface area contributed by atoms with E-state index in [0.29, 0.717) is 11.1 Å². The van der Waals surface area contributed by atoms with Gasteiger partial charge in [-0.3, -0.25) is 19.8 Å². The van der Waals surface area contributed by atoms with Crippen LogP contribution in [0.25, 0.3) is 0 Å². The molecule has 3 aromatic carbocycles. The van der Waals surface area contributed by atoms with Crippen molar-refractivity contribution in [3.8, 4) is 5.75 Å². The number of aromatic hydroxyl groups is 1. The Morgan fingerprint density at radius 2 is 1.48 bits per heavy atom. The maximum Gasteiger partial charge on any atom is 0.329 e. The predicted octanol–water partition coefficient (Wildman–Crippen LogP) is 2.82. The molecule has 0 saturated carbocycles. The van der Waals surface area contributed by atoms with E-state index < -0.39 is 41.2 Å². The third-order valence-electron chi connectivity index (χ3n) is 6.67. The molecule has 4 atom stereocenters. The van der Waals surface area contributed by atoms with Crippen LogP contribution < -0.4 is 5.32 Å². The summed E-state index contributed by atoms with van der Waals surface area (Å²) in [5, 5.41) is 24.1. The molecule has 0 bridgehead atoms. The molecule has 3 aromatic rings. The van der Waals surface area contributed by atoms with E-state index in [9.17, 15) is 24.6 Å². The molecular weight excluding hydrogens is 420 g/mol. The average Bonchev–Trinajstić information content (AvgIpc) is 3.31. The Hall–Kier alpha value is -3.97. The molecule has 4 unspecified atom stereocenters. The Balaban J connectivity index is 1.67. The van der Waals surface area contributed by atoms with Crippen LogP contribution in [0.3, 0.4) is 0 Å². The van der Waals surface area contributed by atoms with Crippen LogP contribution in [0.15, 0.2) is 84.9 Å². The van der Waals surface area contributed by atoms with E-state index in [-0.39, 0.29) is 12.3 Å².